The van der Waals surface area contributed by atoms with E-state index in [9.17, 15) is 0 Å². The van der Waals surface area contributed by atoms with E-state index in [0.717, 1.165) is 28.2 Å². The van der Waals surface area contributed by atoms with Crippen molar-refractivity contribution in [3.05, 3.63) is 95.6 Å². The third-order valence-corrected chi connectivity index (χ3v) is 3.95. The third kappa shape index (κ3) is 4.82. The molecule has 4 nitrogen and oxygen atoms in total. The van der Waals surface area contributed by atoms with Crippen molar-refractivity contribution in [2.75, 3.05) is 13.7 Å². The fourth-order valence-electron chi connectivity index (χ4n) is 2.67. The van der Waals surface area contributed by atoms with Gasteiger partial charge in [-0.1, -0.05) is 60.7 Å². The van der Waals surface area contributed by atoms with Crippen molar-refractivity contribution in [2.24, 2.45) is 10.2 Å². The second-order valence-electron chi connectivity index (χ2n) is 5.77. The molecule has 0 aliphatic rings. The van der Waals surface area contributed by atoms with Crippen molar-refractivity contribution in [1.82, 2.24) is 0 Å². The maximum absolute atomic E-state index is 5.54. The van der Waals surface area contributed by atoms with E-state index in [2.05, 4.69) is 10.2 Å². The Morgan fingerprint density at radius 1 is 0.852 bits per heavy atom. The fourth-order valence-corrected chi connectivity index (χ4v) is 2.67. The second kappa shape index (κ2) is 9.34. The summed E-state index contributed by atoms with van der Waals surface area (Å²) in [6, 6.07) is 25.8. The largest absolute Gasteiger partial charge is 0.493 e. The van der Waals surface area contributed by atoms with E-state index >= 15 is 0 Å². The highest BCUT2D eigenvalue weighted by molar-refractivity contribution is 6.12. The number of hydrogen-bond donors (Lipinski definition) is 0. The smallest absolute Gasteiger partial charge is 0.161 e. The summed E-state index contributed by atoms with van der Waals surface area (Å²) in [4.78, 5) is 0. The summed E-state index contributed by atoms with van der Waals surface area (Å²) in [5.74, 6) is 1.39. The molecule has 0 aliphatic heterocycles. The van der Waals surface area contributed by atoms with Gasteiger partial charge in [-0.05, 0) is 30.7 Å². The molecule has 0 saturated carbocycles. The number of rotatable bonds is 7. The lowest BCUT2D eigenvalue weighted by Crippen LogP contribution is -2.02. The molecule has 0 aliphatic carbocycles. The number of benzene rings is 3. The second-order valence-corrected chi connectivity index (χ2v) is 5.77. The van der Waals surface area contributed by atoms with Gasteiger partial charge in [0.25, 0.3) is 0 Å². The van der Waals surface area contributed by atoms with Gasteiger partial charge in [-0.25, -0.2) is 0 Å². The van der Waals surface area contributed by atoms with Gasteiger partial charge in [-0.2, -0.15) is 5.10 Å². The van der Waals surface area contributed by atoms with Crippen LogP contribution in [0.2, 0.25) is 0 Å². The highest BCUT2D eigenvalue weighted by atomic mass is 16.5. The van der Waals surface area contributed by atoms with E-state index < -0.39 is 0 Å². The Labute approximate surface area is 159 Å². The van der Waals surface area contributed by atoms with Gasteiger partial charge in [0, 0.05) is 11.1 Å². The summed E-state index contributed by atoms with van der Waals surface area (Å²) in [7, 11) is 1.62. The standard InChI is InChI=1S/C23H22N2O2/c1-3-27-21-15-14-18(16-22(21)26-2)17-24-25-23(19-10-6-4-7-11-19)20-12-8-5-9-13-20/h4-17H,3H2,1-2H3/b24-17-. The van der Waals surface area contributed by atoms with Crippen LogP contribution in [0, 0.1) is 0 Å². The first kappa shape index (κ1) is 18.4. The molecule has 0 bridgehead atoms. The summed E-state index contributed by atoms with van der Waals surface area (Å²) in [6.45, 7) is 2.53. The van der Waals surface area contributed by atoms with Gasteiger partial charge < -0.3 is 9.47 Å². The van der Waals surface area contributed by atoms with Gasteiger partial charge >= 0.3 is 0 Å². The average molecular weight is 358 g/mol. The molecule has 0 heterocycles. The Bertz CT molecular complexity index is 878. The molecular weight excluding hydrogens is 336 g/mol. The van der Waals surface area contributed by atoms with Crippen LogP contribution in [-0.4, -0.2) is 25.6 Å². The minimum absolute atomic E-state index is 0.589. The zero-order valence-electron chi connectivity index (χ0n) is 15.5. The van der Waals surface area contributed by atoms with Crippen molar-refractivity contribution in [3.8, 4) is 11.5 Å². The Morgan fingerprint density at radius 2 is 1.48 bits per heavy atom. The van der Waals surface area contributed by atoms with Crippen LogP contribution in [0.5, 0.6) is 11.5 Å². The summed E-state index contributed by atoms with van der Waals surface area (Å²) in [5, 5.41) is 8.80. The predicted octanol–water partition coefficient (Wildman–Crippen LogP) is 4.97. The highest BCUT2D eigenvalue weighted by Gasteiger charge is 2.06. The molecule has 0 spiro atoms. The molecule has 4 heteroatoms. The highest BCUT2D eigenvalue weighted by Crippen LogP contribution is 2.27. The quantitative estimate of drug-likeness (QED) is 0.442. The predicted molar refractivity (Wildman–Crippen MR) is 110 cm³/mol. The van der Waals surface area contributed by atoms with Gasteiger partial charge in [0.2, 0.25) is 0 Å². The third-order valence-electron chi connectivity index (χ3n) is 3.95. The van der Waals surface area contributed by atoms with E-state index in [0.29, 0.717) is 12.4 Å². The van der Waals surface area contributed by atoms with Crippen LogP contribution >= 0.6 is 0 Å². The van der Waals surface area contributed by atoms with Gasteiger partial charge in [0.1, 0.15) is 5.71 Å². The Hall–Kier alpha value is -3.40. The Kier molecular flexibility index (Phi) is 6.36. The zero-order valence-corrected chi connectivity index (χ0v) is 15.5. The van der Waals surface area contributed by atoms with Crippen LogP contribution in [0.25, 0.3) is 0 Å². The molecule has 136 valence electrons. The molecule has 0 fully saturated rings. The molecule has 3 rings (SSSR count). The van der Waals surface area contributed by atoms with E-state index in [1.165, 1.54) is 0 Å². The minimum Gasteiger partial charge on any atom is -0.493 e. The van der Waals surface area contributed by atoms with Crippen LogP contribution in [0.4, 0.5) is 0 Å². The van der Waals surface area contributed by atoms with Crippen LogP contribution < -0.4 is 9.47 Å². The summed E-state index contributed by atoms with van der Waals surface area (Å²) < 4.78 is 10.9. The summed E-state index contributed by atoms with van der Waals surface area (Å²) >= 11 is 0. The van der Waals surface area contributed by atoms with E-state index in [-0.39, 0.29) is 0 Å². The lowest BCUT2D eigenvalue weighted by Gasteiger charge is -2.09. The summed E-state index contributed by atoms with van der Waals surface area (Å²) in [6.07, 6.45) is 1.71. The number of nitrogens with zero attached hydrogens (tertiary/aromatic N) is 2. The van der Waals surface area contributed by atoms with Crippen molar-refractivity contribution < 1.29 is 9.47 Å². The molecule has 0 atom stereocenters. The Balaban J connectivity index is 1.91. The van der Waals surface area contributed by atoms with Gasteiger partial charge in [0.15, 0.2) is 11.5 Å². The van der Waals surface area contributed by atoms with Crippen molar-refractivity contribution in [2.45, 2.75) is 6.92 Å². The van der Waals surface area contributed by atoms with Crippen molar-refractivity contribution in [3.63, 3.8) is 0 Å². The molecule has 0 unspecified atom stereocenters. The fraction of sp³-hybridized carbons (Fsp3) is 0.130. The van der Waals surface area contributed by atoms with E-state index in [4.69, 9.17) is 9.47 Å². The lowest BCUT2D eigenvalue weighted by molar-refractivity contribution is 0.311. The molecule has 0 radical (unpaired) electrons. The number of ether oxygens (including phenoxy) is 2. The molecule has 0 aromatic heterocycles. The number of methoxy groups -OCH3 is 1. The average Bonchev–Trinajstić information content (AvgIpc) is 2.73. The number of hydrogen-bond acceptors (Lipinski definition) is 4. The SMILES string of the molecule is CCOc1ccc(/C=N\N=C(c2ccccc2)c2ccccc2)cc1OC. The topological polar surface area (TPSA) is 43.2 Å². The van der Waals surface area contributed by atoms with Gasteiger partial charge in [-0.15, -0.1) is 5.10 Å². The van der Waals surface area contributed by atoms with E-state index in [1.807, 2.05) is 85.8 Å². The zero-order chi connectivity index (χ0) is 18.9. The van der Waals surface area contributed by atoms with Crippen molar-refractivity contribution in [1.29, 1.82) is 0 Å². The lowest BCUT2D eigenvalue weighted by atomic mass is 10.0. The maximum atomic E-state index is 5.54. The molecular formula is C23H22N2O2. The monoisotopic (exact) mass is 358 g/mol. The first-order chi connectivity index (χ1) is 13.3. The van der Waals surface area contributed by atoms with Crippen molar-refractivity contribution >= 4 is 11.9 Å². The molecule has 3 aromatic carbocycles. The van der Waals surface area contributed by atoms with Crippen LogP contribution in [0.15, 0.2) is 89.1 Å². The normalized spacial score (nSPS) is 10.6. The Morgan fingerprint density at radius 3 is 2.04 bits per heavy atom. The minimum atomic E-state index is 0.589. The van der Waals surface area contributed by atoms with Gasteiger partial charge in [-0.3, -0.25) is 0 Å². The molecule has 3 aromatic rings. The van der Waals surface area contributed by atoms with E-state index in [1.54, 1.807) is 13.3 Å². The molecule has 0 saturated heterocycles. The maximum Gasteiger partial charge on any atom is 0.161 e. The molecule has 27 heavy (non-hydrogen) atoms. The summed E-state index contributed by atoms with van der Waals surface area (Å²) in [5.41, 5.74) is 3.75. The van der Waals surface area contributed by atoms with Crippen LogP contribution in [0.3, 0.4) is 0 Å². The van der Waals surface area contributed by atoms with Gasteiger partial charge in [0.05, 0.1) is 19.9 Å². The molecule has 0 N–H and O–H groups in total. The molecule has 0 amide bonds. The van der Waals surface area contributed by atoms with Crippen LogP contribution in [0.1, 0.15) is 23.6 Å². The first-order valence-corrected chi connectivity index (χ1v) is 8.84. The van der Waals surface area contributed by atoms with Crippen LogP contribution in [-0.2, 0) is 0 Å². The first-order valence-electron chi connectivity index (χ1n) is 8.84.